The Labute approximate surface area is 75.4 Å². The molecular formula is C9H10FNS. The molecule has 0 unspecified atom stereocenters. The van der Waals surface area contributed by atoms with E-state index in [1.807, 2.05) is 30.0 Å². The molecule has 1 aromatic rings. The summed E-state index contributed by atoms with van der Waals surface area (Å²) in [5.74, 6) is 1.10. The molecule has 0 atom stereocenters. The Morgan fingerprint density at radius 3 is 3.25 bits per heavy atom. The molecule has 0 fully saturated rings. The predicted octanol–water partition coefficient (Wildman–Crippen LogP) is 2.67. The van der Waals surface area contributed by atoms with Crippen molar-refractivity contribution in [1.82, 2.24) is 0 Å². The largest absolute Gasteiger partial charge is 0.383 e. The van der Waals surface area contributed by atoms with Crippen LogP contribution in [0.15, 0.2) is 23.1 Å². The molecule has 0 aromatic heterocycles. The SMILES string of the molecule is FCc1ccc2c(c1)NCCS2. The van der Waals surface area contributed by atoms with Gasteiger partial charge in [0.15, 0.2) is 0 Å². The first-order valence-corrected chi connectivity index (χ1v) is 4.94. The fraction of sp³-hybridized carbons (Fsp3) is 0.333. The van der Waals surface area contributed by atoms with Crippen molar-refractivity contribution in [2.45, 2.75) is 11.6 Å². The van der Waals surface area contributed by atoms with Crippen molar-refractivity contribution in [1.29, 1.82) is 0 Å². The molecule has 1 heterocycles. The summed E-state index contributed by atoms with van der Waals surface area (Å²) in [6.07, 6.45) is 0. The number of hydrogen-bond donors (Lipinski definition) is 1. The first-order chi connectivity index (χ1) is 5.90. The van der Waals surface area contributed by atoms with Gasteiger partial charge in [0.2, 0.25) is 0 Å². The van der Waals surface area contributed by atoms with Crippen molar-refractivity contribution in [2.75, 3.05) is 17.6 Å². The Morgan fingerprint density at radius 2 is 2.42 bits per heavy atom. The highest BCUT2D eigenvalue weighted by atomic mass is 32.2. The summed E-state index contributed by atoms with van der Waals surface area (Å²) in [4.78, 5) is 1.23. The maximum Gasteiger partial charge on any atom is 0.115 e. The fourth-order valence-corrected chi connectivity index (χ4v) is 2.15. The van der Waals surface area contributed by atoms with Gasteiger partial charge in [-0.15, -0.1) is 11.8 Å². The van der Waals surface area contributed by atoms with Gasteiger partial charge in [-0.25, -0.2) is 4.39 Å². The number of hydrogen-bond acceptors (Lipinski definition) is 2. The van der Waals surface area contributed by atoms with E-state index in [-0.39, 0.29) is 6.67 Å². The zero-order valence-electron chi connectivity index (χ0n) is 6.64. The number of anilines is 1. The van der Waals surface area contributed by atoms with Gasteiger partial charge in [0.05, 0.1) is 0 Å². The molecule has 1 aliphatic heterocycles. The van der Waals surface area contributed by atoms with E-state index >= 15 is 0 Å². The molecule has 64 valence electrons. The lowest BCUT2D eigenvalue weighted by molar-refractivity contribution is 0.485. The van der Waals surface area contributed by atoms with E-state index in [9.17, 15) is 4.39 Å². The van der Waals surface area contributed by atoms with Crippen LogP contribution in [0.25, 0.3) is 0 Å². The van der Waals surface area contributed by atoms with Crippen molar-refractivity contribution >= 4 is 17.4 Å². The van der Waals surface area contributed by atoms with Crippen molar-refractivity contribution < 1.29 is 4.39 Å². The van der Waals surface area contributed by atoms with Crippen molar-refractivity contribution in [3.63, 3.8) is 0 Å². The monoisotopic (exact) mass is 183 g/mol. The zero-order chi connectivity index (χ0) is 8.39. The predicted molar refractivity (Wildman–Crippen MR) is 50.5 cm³/mol. The lowest BCUT2D eigenvalue weighted by Crippen LogP contribution is -2.10. The minimum atomic E-state index is -0.375. The molecule has 2 rings (SSSR count). The highest BCUT2D eigenvalue weighted by molar-refractivity contribution is 7.99. The highest BCUT2D eigenvalue weighted by Crippen LogP contribution is 2.31. The van der Waals surface area contributed by atoms with Crippen LogP contribution in [-0.2, 0) is 6.67 Å². The van der Waals surface area contributed by atoms with Crippen LogP contribution in [-0.4, -0.2) is 12.3 Å². The Bertz CT molecular complexity index is 288. The molecule has 1 nitrogen and oxygen atoms in total. The minimum absolute atomic E-state index is 0.375. The van der Waals surface area contributed by atoms with E-state index in [4.69, 9.17) is 0 Å². The Morgan fingerprint density at radius 1 is 1.50 bits per heavy atom. The second kappa shape index (κ2) is 3.35. The second-order valence-corrected chi connectivity index (χ2v) is 3.88. The third kappa shape index (κ3) is 1.41. The minimum Gasteiger partial charge on any atom is -0.383 e. The fourth-order valence-electron chi connectivity index (χ4n) is 1.27. The maximum atomic E-state index is 12.3. The van der Waals surface area contributed by atoms with Gasteiger partial charge >= 0.3 is 0 Å². The summed E-state index contributed by atoms with van der Waals surface area (Å²) in [6, 6.07) is 5.72. The van der Waals surface area contributed by atoms with Gasteiger partial charge < -0.3 is 5.32 Å². The molecule has 12 heavy (non-hydrogen) atoms. The first-order valence-electron chi connectivity index (χ1n) is 3.96. The average Bonchev–Trinajstić information content (AvgIpc) is 2.17. The van der Waals surface area contributed by atoms with Crippen LogP contribution in [0.1, 0.15) is 5.56 Å². The van der Waals surface area contributed by atoms with Gasteiger partial charge in [0, 0.05) is 22.9 Å². The summed E-state index contributed by atoms with van der Waals surface area (Å²) < 4.78 is 12.3. The molecule has 0 radical (unpaired) electrons. The molecule has 0 saturated heterocycles. The molecule has 0 bridgehead atoms. The van der Waals surface area contributed by atoms with Crippen molar-refractivity contribution in [2.24, 2.45) is 0 Å². The van der Waals surface area contributed by atoms with Crippen LogP contribution in [0.3, 0.4) is 0 Å². The summed E-state index contributed by atoms with van der Waals surface area (Å²) in [6.45, 7) is 0.604. The Hall–Kier alpha value is -0.700. The molecule has 3 heteroatoms. The van der Waals surface area contributed by atoms with Gasteiger partial charge in [-0.05, 0) is 17.7 Å². The number of nitrogens with one attached hydrogen (secondary N) is 1. The smallest absolute Gasteiger partial charge is 0.115 e. The number of thioether (sulfide) groups is 1. The van der Waals surface area contributed by atoms with Gasteiger partial charge in [0.25, 0.3) is 0 Å². The van der Waals surface area contributed by atoms with E-state index in [1.54, 1.807) is 0 Å². The third-order valence-corrected chi connectivity index (χ3v) is 2.95. The lowest BCUT2D eigenvalue weighted by atomic mass is 10.2. The van der Waals surface area contributed by atoms with Crippen LogP contribution in [0.2, 0.25) is 0 Å². The average molecular weight is 183 g/mol. The Kier molecular flexibility index (Phi) is 2.21. The summed E-state index contributed by atoms with van der Waals surface area (Å²) in [7, 11) is 0. The van der Waals surface area contributed by atoms with Gasteiger partial charge in [-0.2, -0.15) is 0 Å². The molecule has 0 spiro atoms. The van der Waals surface area contributed by atoms with Crippen molar-refractivity contribution in [3.05, 3.63) is 23.8 Å². The summed E-state index contributed by atoms with van der Waals surface area (Å²) in [5.41, 5.74) is 1.84. The van der Waals surface area contributed by atoms with E-state index in [2.05, 4.69) is 5.32 Å². The number of rotatable bonds is 1. The van der Waals surface area contributed by atoms with Crippen molar-refractivity contribution in [3.8, 4) is 0 Å². The maximum absolute atomic E-state index is 12.3. The molecule has 0 aliphatic carbocycles. The number of fused-ring (bicyclic) bond motifs is 1. The molecule has 1 N–H and O–H groups in total. The zero-order valence-corrected chi connectivity index (χ0v) is 7.46. The Balaban J connectivity index is 2.36. The highest BCUT2D eigenvalue weighted by Gasteiger charge is 2.08. The number of benzene rings is 1. The molecule has 1 aliphatic rings. The second-order valence-electron chi connectivity index (χ2n) is 2.74. The lowest BCUT2D eigenvalue weighted by Gasteiger charge is -2.17. The quantitative estimate of drug-likeness (QED) is 0.718. The van der Waals surface area contributed by atoms with E-state index in [1.165, 1.54) is 4.90 Å². The first kappa shape index (κ1) is 7.92. The standard InChI is InChI=1S/C9H10FNS/c10-6-7-1-2-9-8(5-7)11-3-4-12-9/h1-2,5,11H,3-4,6H2. The molecular weight excluding hydrogens is 173 g/mol. The number of halogens is 1. The van der Waals surface area contributed by atoms with E-state index < -0.39 is 0 Å². The van der Waals surface area contributed by atoms with E-state index in [0.29, 0.717) is 0 Å². The van der Waals surface area contributed by atoms with Gasteiger partial charge in [-0.3, -0.25) is 0 Å². The normalized spacial score (nSPS) is 15.1. The number of alkyl halides is 1. The van der Waals surface area contributed by atoms with Crippen LogP contribution >= 0.6 is 11.8 Å². The van der Waals surface area contributed by atoms with Crippen LogP contribution < -0.4 is 5.32 Å². The van der Waals surface area contributed by atoms with Crippen LogP contribution in [0.4, 0.5) is 10.1 Å². The van der Waals surface area contributed by atoms with Gasteiger partial charge in [-0.1, -0.05) is 6.07 Å². The third-order valence-electron chi connectivity index (χ3n) is 1.87. The molecule has 0 amide bonds. The van der Waals surface area contributed by atoms with E-state index in [0.717, 1.165) is 23.5 Å². The van der Waals surface area contributed by atoms with Crippen LogP contribution in [0.5, 0.6) is 0 Å². The van der Waals surface area contributed by atoms with Gasteiger partial charge in [0.1, 0.15) is 6.67 Å². The molecule has 0 saturated carbocycles. The topological polar surface area (TPSA) is 12.0 Å². The molecule has 1 aromatic carbocycles. The van der Waals surface area contributed by atoms with Crippen LogP contribution in [0, 0.1) is 0 Å². The summed E-state index contributed by atoms with van der Waals surface area (Å²) >= 11 is 1.82. The summed E-state index contributed by atoms with van der Waals surface area (Å²) in [5, 5.41) is 3.25.